The highest BCUT2D eigenvalue weighted by molar-refractivity contribution is 5.62. The molecule has 2 heterocycles. The van der Waals surface area contributed by atoms with Crippen molar-refractivity contribution < 1.29 is 14.0 Å². The third kappa shape index (κ3) is 3.80. The van der Waals surface area contributed by atoms with Crippen LogP contribution in [0.3, 0.4) is 0 Å². The summed E-state index contributed by atoms with van der Waals surface area (Å²) in [7, 11) is 0. The Morgan fingerprint density at radius 1 is 1.15 bits per heavy atom. The Labute approximate surface area is 151 Å². The number of halogens is 1. The van der Waals surface area contributed by atoms with Crippen LogP contribution < -0.4 is 0 Å². The van der Waals surface area contributed by atoms with Gasteiger partial charge in [0.05, 0.1) is 18.0 Å². The van der Waals surface area contributed by atoms with Gasteiger partial charge in [0.25, 0.3) is 5.89 Å². The van der Waals surface area contributed by atoms with Crippen LogP contribution in [-0.4, -0.2) is 20.2 Å². The third-order valence-corrected chi connectivity index (χ3v) is 4.12. The molecule has 0 aliphatic rings. The molecule has 0 bridgehead atoms. The molecule has 136 valence electrons. The topological polar surface area (TPSA) is 72.0 Å². The molecule has 0 spiro atoms. The van der Waals surface area contributed by atoms with Crippen LogP contribution in [0.25, 0.3) is 22.8 Å². The van der Waals surface area contributed by atoms with E-state index in [1.165, 1.54) is 6.07 Å². The molecule has 0 fully saturated rings. The average Bonchev–Trinajstić information content (AvgIpc) is 3.12. The molecule has 1 N–H and O–H groups in total. The average molecular weight is 355 g/mol. The summed E-state index contributed by atoms with van der Waals surface area (Å²) in [6.45, 7) is 5.96. The molecule has 26 heavy (non-hydrogen) atoms. The normalized spacial score (nSPS) is 11.3. The first-order valence-corrected chi connectivity index (χ1v) is 8.74. The first-order chi connectivity index (χ1) is 12.5. The van der Waals surface area contributed by atoms with Gasteiger partial charge in [-0.15, -0.1) is 0 Å². The number of aliphatic hydroxyl groups is 1. The number of aromatic nitrogens is 3. The quantitative estimate of drug-likeness (QED) is 0.718. The zero-order valence-corrected chi connectivity index (χ0v) is 15.2. The fourth-order valence-electron chi connectivity index (χ4n) is 2.84. The van der Waals surface area contributed by atoms with Crippen LogP contribution in [0.15, 0.2) is 34.9 Å². The Kier molecular flexibility index (Phi) is 5.42. The molecule has 0 radical (unpaired) electrons. The molecule has 0 atom stereocenters. The molecule has 0 unspecified atom stereocenters. The van der Waals surface area contributed by atoms with E-state index in [2.05, 4.69) is 29.0 Å². The van der Waals surface area contributed by atoms with E-state index in [1.807, 2.05) is 13.0 Å². The minimum atomic E-state index is -0.265. The smallest absolute Gasteiger partial charge is 0.258 e. The Hall–Kier alpha value is -2.60. The number of nitrogens with zero attached hydrogens (tertiary/aromatic N) is 3. The van der Waals surface area contributed by atoms with Gasteiger partial charge in [-0.2, -0.15) is 4.98 Å². The van der Waals surface area contributed by atoms with Crippen molar-refractivity contribution in [3.63, 3.8) is 0 Å². The predicted molar refractivity (Wildman–Crippen MR) is 96.8 cm³/mol. The van der Waals surface area contributed by atoms with Gasteiger partial charge >= 0.3 is 0 Å². The van der Waals surface area contributed by atoms with Crippen LogP contribution in [0.5, 0.6) is 0 Å². The number of hydrogen-bond donors (Lipinski definition) is 1. The van der Waals surface area contributed by atoms with E-state index < -0.39 is 0 Å². The maximum atomic E-state index is 14.3. The monoisotopic (exact) mass is 355 g/mol. The lowest BCUT2D eigenvalue weighted by molar-refractivity contribution is 0.276. The molecule has 0 amide bonds. The van der Waals surface area contributed by atoms with Gasteiger partial charge in [0.2, 0.25) is 5.82 Å². The second kappa shape index (κ2) is 7.74. The first kappa shape index (κ1) is 18.2. The van der Waals surface area contributed by atoms with Gasteiger partial charge in [0.15, 0.2) is 0 Å². The standard InChI is InChI=1S/C20H22FN3O2/c1-4-18-16(8-7-15(11-25)22-18)19-23-20(26-24-19)14-6-5-13(9-12(2)3)17(21)10-14/h5-8,10,12,25H,4,9,11H2,1-3H3. The van der Waals surface area contributed by atoms with E-state index in [0.717, 1.165) is 11.3 Å². The molecule has 6 heteroatoms. The number of aryl methyl sites for hydroxylation is 1. The summed E-state index contributed by atoms with van der Waals surface area (Å²) < 4.78 is 19.6. The number of benzene rings is 1. The third-order valence-electron chi connectivity index (χ3n) is 4.12. The number of aliphatic hydroxyl groups excluding tert-OH is 1. The highest BCUT2D eigenvalue weighted by Crippen LogP contribution is 2.26. The van der Waals surface area contributed by atoms with Crippen molar-refractivity contribution in [2.24, 2.45) is 5.92 Å². The summed E-state index contributed by atoms with van der Waals surface area (Å²) in [5.41, 5.74) is 3.35. The van der Waals surface area contributed by atoms with Gasteiger partial charge in [0, 0.05) is 11.1 Å². The maximum absolute atomic E-state index is 14.3. The van der Waals surface area contributed by atoms with Crippen molar-refractivity contribution in [3.8, 4) is 22.8 Å². The molecule has 0 saturated heterocycles. The minimum Gasteiger partial charge on any atom is -0.390 e. The van der Waals surface area contributed by atoms with Gasteiger partial charge in [-0.05, 0) is 48.6 Å². The summed E-state index contributed by atoms with van der Waals surface area (Å²) in [4.78, 5) is 8.79. The summed E-state index contributed by atoms with van der Waals surface area (Å²) in [6.07, 6.45) is 1.36. The van der Waals surface area contributed by atoms with Crippen LogP contribution >= 0.6 is 0 Å². The Morgan fingerprint density at radius 3 is 2.62 bits per heavy atom. The summed E-state index contributed by atoms with van der Waals surface area (Å²) >= 11 is 0. The predicted octanol–water partition coefficient (Wildman–Crippen LogP) is 4.19. The van der Waals surface area contributed by atoms with Gasteiger partial charge in [0.1, 0.15) is 5.82 Å². The lowest BCUT2D eigenvalue weighted by atomic mass is 10.0. The van der Waals surface area contributed by atoms with E-state index in [9.17, 15) is 9.50 Å². The Bertz CT molecular complexity index is 906. The van der Waals surface area contributed by atoms with Crippen LogP contribution in [0.1, 0.15) is 37.7 Å². The van der Waals surface area contributed by atoms with Crippen LogP contribution in [0.4, 0.5) is 4.39 Å². The van der Waals surface area contributed by atoms with E-state index in [0.29, 0.717) is 41.4 Å². The minimum absolute atomic E-state index is 0.118. The van der Waals surface area contributed by atoms with Crippen LogP contribution in [0.2, 0.25) is 0 Å². The summed E-state index contributed by atoms with van der Waals surface area (Å²) in [5, 5.41) is 13.2. The lowest BCUT2D eigenvalue weighted by Crippen LogP contribution is -1.98. The van der Waals surface area contributed by atoms with Crippen molar-refractivity contribution in [3.05, 3.63) is 53.1 Å². The highest BCUT2D eigenvalue weighted by atomic mass is 19.1. The van der Waals surface area contributed by atoms with Crippen molar-refractivity contribution in [1.82, 2.24) is 15.1 Å². The van der Waals surface area contributed by atoms with Crippen LogP contribution in [0, 0.1) is 11.7 Å². The largest absolute Gasteiger partial charge is 0.390 e. The Balaban J connectivity index is 1.92. The van der Waals surface area contributed by atoms with Crippen molar-refractivity contribution in [2.75, 3.05) is 0 Å². The molecular formula is C20H22FN3O2. The zero-order valence-electron chi connectivity index (χ0n) is 15.2. The second-order valence-corrected chi connectivity index (χ2v) is 6.64. The van der Waals surface area contributed by atoms with Gasteiger partial charge in [-0.3, -0.25) is 4.98 Å². The number of rotatable bonds is 6. The van der Waals surface area contributed by atoms with E-state index in [1.54, 1.807) is 18.2 Å². The number of hydrogen-bond acceptors (Lipinski definition) is 5. The van der Waals surface area contributed by atoms with Crippen molar-refractivity contribution in [2.45, 2.75) is 40.2 Å². The first-order valence-electron chi connectivity index (χ1n) is 8.74. The summed E-state index contributed by atoms with van der Waals surface area (Å²) in [5.74, 6) is 0.787. The van der Waals surface area contributed by atoms with Gasteiger partial charge in [-0.1, -0.05) is 32.0 Å². The van der Waals surface area contributed by atoms with Gasteiger partial charge < -0.3 is 9.63 Å². The molecule has 0 saturated carbocycles. The highest BCUT2D eigenvalue weighted by Gasteiger charge is 2.16. The molecule has 0 aliphatic carbocycles. The molecule has 1 aromatic carbocycles. The van der Waals surface area contributed by atoms with Gasteiger partial charge in [-0.25, -0.2) is 4.39 Å². The fourth-order valence-corrected chi connectivity index (χ4v) is 2.84. The number of pyridine rings is 1. The Morgan fingerprint density at radius 2 is 1.96 bits per heavy atom. The van der Waals surface area contributed by atoms with E-state index in [-0.39, 0.29) is 18.3 Å². The lowest BCUT2D eigenvalue weighted by Gasteiger charge is -2.06. The van der Waals surface area contributed by atoms with Crippen molar-refractivity contribution in [1.29, 1.82) is 0 Å². The SMILES string of the molecule is CCc1nc(CO)ccc1-c1noc(-c2ccc(CC(C)C)c(F)c2)n1. The van der Waals surface area contributed by atoms with Crippen LogP contribution in [-0.2, 0) is 19.4 Å². The summed E-state index contributed by atoms with van der Waals surface area (Å²) in [6, 6.07) is 8.54. The van der Waals surface area contributed by atoms with Crippen molar-refractivity contribution >= 4 is 0 Å². The zero-order chi connectivity index (χ0) is 18.7. The van der Waals surface area contributed by atoms with E-state index in [4.69, 9.17) is 4.52 Å². The fraction of sp³-hybridized carbons (Fsp3) is 0.350. The molecule has 3 aromatic rings. The maximum Gasteiger partial charge on any atom is 0.258 e. The molecule has 3 rings (SSSR count). The molecule has 0 aliphatic heterocycles. The molecule has 5 nitrogen and oxygen atoms in total. The second-order valence-electron chi connectivity index (χ2n) is 6.64. The van der Waals surface area contributed by atoms with E-state index >= 15 is 0 Å². The molecular weight excluding hydrogens is 333 g/mol. The molecule has 2 aromatic heterocycles.